The van der Waals surface area contributed by atoms with E-state index in [-0.39, 0.29) is 23.0 Å². The first-order valence-corrected chi connectivity index (χ1v) is 12.4. The molecule has 1 amide bonds. The summed E-state index contributed by atoms with van der Waals surface area (Å²) in [6.07, 6.45) is 9.74. The number of carbonyl (C=O) groups excluding carboxylic acids is 3. The molecule has 1 aromatic rings. The molecule has 2 fully saturated rings. The van der Waals surface area contributed by atoms with Crippen molar-refractivity contribution in [1.82, 2.24) is 10.2 Å². The van der Waals surface area contributed by atoms with Crippen LogP contribution in [0.3, 0.4) is 0 Å². The molecule has 2 heterocycles. The largest absolute Gasteiger partial charge is 0.332 e. The second kappa shape index (κ2) is 10.1. The van der Waals surface area contributed by atoms with Gasteiger partial charge in [-0.15, -0.1) is 11.8 Å². The van der Waals surface area contributed by atoms with Gasteiger partial charge < -0.3 is 9.69 Å². The van der Waals surface area contributed by atoms with Crippen LogP contribution in [0.15, 0.2) is 24.3 Å². The average Bonchev–Trinajstić information content (AvgIpc) is 3.45. The number of amides is 1. The van der Waals surface area contributed by atoms with Crippen LogP contribution in [0.1, 0.15) is 56.1 Å². The van der Waals surface area contributed by atoms with Crippen molar-refractivity contribution >= 4 is 29.7 Å². The Kier molecular flexibility index (Phi) is 7.26. The Balaban J connectivity index is 1.22. The van der Waals surface area contributed by atoms with Gasteiger partial charge in [0.25, 0.3) is 0 Å². The number of likely N-dealkylation sites (tertiary alicyclic amines) is 1. The van der Waals surface area contributed by atoms with E-state index in [1.165, 1.54) is 42.2 Å². The number of aryl methyl sites for hydroxylation is 1. The van der Waals surface area contributed by atoms with Crippen LogP contribution in [-0.4, -0.2) is 52.6 Å². The van der Waals surface area contributed by atoms with E-state index in [1.54, 1.807) is 4.90 Å². The molecule has 2 aliphatic heterocycles. The number of thioether (sulfide) groups is 1. The number of unbranched alkanes of at least 4 members (excludes halogenated alkanes) is 1. The fraction of sp³-hybridized carbons (Fsp3) is 0.625. The van der Waals surface area contributed by atoms with E-state index in [4.69, 9.17) is 0 Å². The van der Waals surface area contributed by atoms with Crippen LogP contribution in [-0.2, 0) is 27.2 Å². The highest BCUT2D eigenvalue weighted by molar-refractivity contribution is 8.00. The van der Waals surface area contributed by atoms with Crippen LogP contribution in [0, 0.1) is 5.92 Å². The van der Waals surface area contributed by atoms with Crippen LogP contribution in [0.25, 0.3) is 0 Å². The van der Waals surface area contributed by atoms with Crippen molar-refractivity contribution in [2.45, 2.75) is 75.1 Å². The molecule has 0 spiro atoms. The zero-order chi connectivity index (χ0) is 20.9. The zero-order valence-electron chi connectivity index (χ0n) is 17.6. The van der Waals surface area contributed by atoms with Gasteiger partial charge in [-0.05, 0) is 55.6 Å². The number of hydrogen-bond donors (Lipinski definition) is 1. The van der Waals surface area contributed by atoms with Gasteiger partial charge in [0, 0.05) is 18.8 Å². The van der Waals surface area contributed by atoms with Crippen molar-refractivity contribution in [3.05, 3.63) is 35.4 Å². The summed E-state index contributed by atoms with van der Waals surface area (Å²) in [6.45, 7) is 0.622. The third-order valence-electron chi connectivity index (χ3n) is 6.93. The Morgan fingerprint density at radius 3 is 2.83 bits per heavy atom. The predicted molar refractivity (Wildman–Crippen MR) is 119 cm³/mol. The number of nitrogens with zero attached hydrogens (tertiary/aromatic N) is 1. The lowest BCUT2D eigenvalue weighted by Gasteiger charge is -2.26. The van der Waals surface area contributed by atoms with Gasteiger partial charge in [-0.3, -0.25) is 14.9 Å². The Labute approximate surface area is 183 Å². The number of benzene rings is 1. The number of rotatable bonds is 8. The van der Waals surface area contributed by atoms with E-state index in [0.717, 1.165) is 44.3 Å². The van der Waals surface area contributed by atoms with Gasteiger partial charge in [0.15, 0.2) is 0 Å². The van der Waals surface area contributed by atoms with E-state index >= 15 is 0 Å². The normalized spacial score (nSPS) is 28.3. The molecule has 0 radical (unpaired) electrons. The van der Waals surface area contributed by atoms with E-state index in [2.05, 4.69) is 29.6 Å². The third-order valence-corrected chi connectivity index (χ3v) is 8.15. The van der Waals surface area contributed by atoms with E-state index in [1.807, 2.05) is 0 Å². The first kappa shape index (κ1) is 21.6. The fourth-order valence-electron chi connectivity index (χ4n) is 5.21. The predicted octanol–water partition coefficient (Wildman–Crippen LogP) is 3.14. The van der Waals surface area contributed by atoms with Gasteiger partial charge in [0.2, 0.25) is 5.91 Å². The molecule has 3 aliphatic rings. The van der Waals surface area contributed by atoms with Crippen LogP contribution < -0.4 is 5.32 Å². The number of fused-ring (bicyclic) bond motifs is 1. The zero-order valence-corrected chi connectivity index (χ0v) is 18.4. The maximum atomic E-state index is 12.9. The number of Topliss-reactive ketones (excluding diaryl/α,β-unsaturated/α-hetero) is 1. The second-order valence-corrected chi connectivity index (χ2v) is 10.0. The van der Waals surface area contributed by atoms with Gasteiger partial charge in [0.1, 0.15) is 18.1 Å². The SMILES string of the molecule is O=C[C@@H]1CCCN1C(=O)[C@H]1NCSC1C(=O)CCCC[C@@H]1CCc2ccccc2C1. The molecule has 1 N–H and O–H groups in total. The molecule has 1 aliphatic carbocycles. The number of aldehydes is 1. The third kappa shape index (κ3) is 4.80. The molecular formula is C24H32N2O3S. The summed E-state index contributed by atoms with van der Waals surface area (Å²) < 4.78 is 0. The maximum Gasteiger partial charge on any atom is 0.241 e. The van der Waals surface area contributed by atoms with E-state index in [0.29, 0.717) is 18.8 Å². The molecule has 5 nitrogen and oxygen atoms in total. The van der Waals surface area contributed by atoms with Gasteiger partial charge >= 0.3 is 0 Å². The summed E-state index contributed by atoms with van der Waals surface area (Å²) in [6, 6.07) is 7.96. The summed E-state index contributed by atoms with van der Waals surface area (Å²) in [5.41, 5.74) is 3.00. The van der Waals surface area contributed by atoms with Crippen molar-refractivity contribution in [1.29, 1.82) is 0 Å². The van der Waals surface area contributed by atoms with Crippen molar-refractivity contribution in [3.8, 4) is 0 Å². The van der Waals surface area contributed by atoms with Crippen LogP contribution in [0.2, 0.25) is 0 Å². The standard InChI is InChI=1S/C24H32N2O3S/c27-15-20-9-5-13-26(20)24(29)22-23(30-16-25-22)21(28)10-4-1-6-17-11-12-18-7-2-3-8-19(18)14-17/h2-3,7-8,15,17,20,22-23,25H,1,4-6,9-14,16H2/t17-,20+,22+,23?/m1/s1. The van der Waals surface area contributed by atoms with Gasteiger partial charge in [0.05, 0.1) is 11.3 Å². The van der Waals surface area contributed by atoms with E-state index < -0.39 is 6.04 Å². The molecule has 0 saturated carbocycles. The fourth-order valence-corrected chi connectivity index (χ4v) is 6.37. The number of nitrogens with one attached hydrogen (secondary N) is 1. The average molecular weight is 429 g/mol. The summed E-state index contributed by atoms with van der Waals surface area (Å²) in [5.74, 6) is 1.45. The summed E-state index contributed by atoms with van der Waals surface area (Å²) in [4.78, 5) is 38.7. The summed E-state index contributed by atoms with van der Waals surface area (Å²) >= 11 is 1.54. The lowest BCUT2D eigenvalue weighted by molar-refractivity contribution is -0.137. The minimum atomic E-state index is -0.474. The van der Waals surface area contributed by atoms with Crippen LogP contribution in [0.4, 0.5) is 0 Å². The molecular weight excluding hydrogens is 396 g/mol. The van der Waals surface area contributed by atoms with Gasteiger partial charge in [-0.25, -0.2) is 0 Å². The van der Waals surface area contributed by atoms with Crippen molar-refractivity contribution < 1.29 is 14.4 Å². The monoisotopic (exact) mass is 428 g/mol. The Hall–Kier alpha value is -1.66. The smallest absolute Gasteiger partial charge is 0.241 e. The van der Waals surface area contributed by atoms with Crippen LogP contribution in [0.5, 0.6) is 0 Å². The number of ketones is 1. The first-order chi connectivity index (χ1) is 14.7. The molecule has 30 heavy (non-hydrogen) atoms. The van der Waals surface area contributed by atoms with Gasteiger partial charge in [-0.1, -0.05) is 37.1 Å². The highest BCUT2D eigenvalue weighted by Gasteiger charge is 2.42. The lowest BCUT2D eigenvalue weighted by Crippen LogP contribution is -2.51. The maximum absolute atomic E-state index is 12.9. The quantitative estimate of drug-likeness (QED) is 0.509. The molecule has 0 bridgehead atoms. The minimum Gasteiger partial charge on any atom is -0.332 e. The molecule has 1 aromatic carbocycles. The molecule has 4 rings (SSSR count). The second-order valence-electron chi connectivity index (χ2n) is 8.88. The molecule has 0 aromatic heterocycles. The molecule has 4 atom stereocenters. The first-order valence-electron chi connectivity index (χ1n) is 11.4. The Bertz CT molecular complexity index is 783. The Morgan fingerprint density at radius 1 is 1.17 bits per heavy atom. The summed E-state index contributed by atoms with van der Waals surface area (Å²) in [7, 11) is 0. The topological polar surface area (TPSA) is 66.5 Å². The van der Waals surface area contributed by atoms with E-state index in [9.17, 15) is 14.4 Å². The molecule has 1 unspecified atom stereocenters. The molecule has 6 heteroatoms. The van der Waals surface area contributed by atoms with Gasteiger partial charge in [-0.2, -0.15) is 0 Å². The number of carbonyl (C=O) groups is 3. The Morgan fingerprint density at radius 2 is 2.00 bits per heavy atom. The molecule has 2 saturated heterocycles. The highest BCUT2D eigenvalue weighted by atomic mass is 32.2. The summed E-state index contributed by atoms with van der Waals surface area (Å²) in [5, 5.41) is 2.88. The van der Waals surface area contributed by atoms with Crippen molar-refractivity contribution in [3.63, 3.8) is 0 Å². The van der Waals surface area contributed by atoms with Crippen molar-refractivity contribution in [2.75, 3.05) is 12.4 Å². The number of hydrogen-bond acceptors (Lipinski definition) is 5. The highest BCUT2D eigenvalue weighted by Crippen LogP contribution is 2.30. The van der Waals surface area contributed by atoms with Crippen LogP contribution >= 0.6 is 11.8 Å². The minimum absolute atomic E-state index is 0.0752. The molecule has 162 valence electrons. The lowest BCUT2D eigenvalue weighted by atomic mass is 9.81. The van der Waals surface area contributed by atoms with Crippen molar-refractivity contribution in [2.24, 2.45) is 5.92 Å².